The molecular weight excluding hydrogens is 610 g/mol. The summed E-state index contributed by atoms with van der Waals surface area (Å²) in [4.78, 5) is 30.8. The molecule has 2 N–H and O–H groups in total. The SMILES string of the molecule is CN1CCN(CCCC(=O)C2CC(NC(=O)Nc3cccc(OC(F)(F)F)c3)CCC2Oc2ccc(OC(F)(F)F)cc2)CC1. The van der Waals surface area contributed by atoms with E-state index in [0.717, 1.165) is 57.0 Å². The lowest BCUT2D eigenvalue weighted by Gasteiger charge is -2.36. The van der Waals surface area contributed by atoms with Crippen molar-refractivity contribution in [2.75, 3.05) is 45.1 Å². The third-order valence-corrected chi connectivity index (χ3v) is 7.70. The number of hydrogen-bond donors (Lipinski definition) is 2. The first kappa shape index (κ1) is 34.2. The zero-order chi connectivity index (χ0) is 32.6. The van der Waals surface area contributed by atoms with Crippen LogP contribution in [0, 0.1) is 5.92 Å². The van der Waals surface area contributed by atoms with Gasteiger partial charge in [0.2, 0.25) is 0 Å². The fraction of sp³-hybridized carbons (Fsp3) is 0.533. The highest BCUT2D eigenvalue weighted by Gasteiger charge is 2.37. The van der Waals surface area contributed by atoms with Crippen molar-refractivity contribution in [3.63, 3.8) is 0 Å². The third kappa shape index (κ3) is 11.6. The summed E-state index contributed by atoms with van der Waals surface area (Å²) in [6, 6.07) is 8.69. The van der Waals surface area contributed by atoms with Crippen molar-refractivity contribution in [3.8, 4) is 17.2 Å². The molecule has 2 aromatic carbocycles. The molecule has 1 saturated heterocycles. The first-order valence-corrected chi connectivity index (χ1v) is 14.6. The highest BCUT2D eigenvalue weighted by Crippen LogP contribution is 2.32. The highest BCUT2D eigenvalue weighted by molar-refractivity contribution is 5.89. The summed E-state index contributed by atoms with van der Waals surface area (Å²) in [5, 5.41) is 5.28. The third-order valence-electron chi connectivity index (χ3n) is 7.70. The van der Waals surface area contributed by atoms with E-state index >= 15 is 0 Å². The van der Waals surface area contributed by atoms with Crippen LogP contribution >= 0.6 is 0 Å². The molecule has 9 nitrogen and oxygen atoms in total. The fourth-order valence-electron chi connectivity index (χ4n) is 5.51. The molecule has 15 heteroatoms. The Morgan fingerprint density at radius 2 is 1.51 bits per heavy atom. The Balaban J connectivity index is 1.37. The highest BCUT2D eigenvalue weighted by atomic mass is 19.4. The van der Waals surface area contributed by atoms with Gasteiger partial charge >= 0.3 is 18.8 Å². The number of alkyl halides is 6. The molecule has 0 spiro atoms. The van der Waals surface area contributed by atoms with E-state index in [1.807, 2.05) is 0 Å². The fourth-order valence-corrected chi connectivity index (χ4v) is 5.51. The number of piperazine rings is 1. The van der Waals surface area contributed by atoms with Crippen LogP contribution in [-0.2, 0) is 4.79 Å². The van der Waals surface area contributed by atoms with Crippen LogP contribution in [0.25, 0.3) is 0 Å². The molecule has 248 valence electrons. The van der Waals surface area contributed by atoms with E-state index in [0.29, 0.717) is 25.7 Å². The molecule has 2 amide bonds. The Labute approximate surface area is 256 Å². The number of nitrogens with zero attached hydrogens (tertiary/aromatic N) is 2. The molecule has 4 rings (SSSR count). The number of ether oxygens (including phenoxy) is 3. The monoisotopic (exact) mass is 646 g/mol. The van der Waals surface area contributed by atoms with Crippen molar-refractivity contribution in [3.05, 3.63) is 48.5 Å². The molecule has 3 unspecified atom stereocenters. The second-order valence-corrected chi connectivity index (χ2v) is 11.2. The number of urea groups is 1. The van der Waals surface area contributed by atoms with E-state index in [1.165, 1.54) is 24.3 Å². The lowest BCUT2D eigenvalue weighted by molar-refractivity contribution is -0.275. The molecule has 3 atom stereocenters. The maximum atomic E-state index is 13.5. The van der Waals surface area contributed by atoms with E-state index in [9.17, 15) is 35.9 Å². The molecule has 45 heavy (non-hydrogen) atoms. The Kier molecular flexibility index (Phi) is 11.4. The smallest absolute Gasteiger partial charge is 0.490 e. The van der Waals surface area contributed by atoms with Gasteiger partial charge in [0.15, 0.2) is 0 Å². The number of benzene rings is 2. The molecule has 1 saturated carbocycles. The van der Waals surface area contributed by atoms with Gasteiger partial charge in [-0.05, 0) is 75.7 Å². The second kappa shape index (κ2) is 15.0. The van der Waals surface area contributed by atoms with Crippen LogP contribution in [0.5, 0.6) is 17.2 Å². The summed E-state index contributed by atoms with van der Waals surface area (Å²) in [5.41, 5.74) is 0.0840. The van der Waals surface area contributed by atoms with Crippen molar-refractivity contribution in [1.29, 1.82) is 0 Å². The predicted molar refractivity (Wildman–Crippen MR) is 152 cm³/mol. The van der Waals surface area contributed by atoms with Crippen molar-refractivity contribution in [1.82, 2.24) is 15.1 Å². The predicted octanol–water partition coefficient (Wildman–Crippen LogP) is 5.82. The van der Waals surface area contributed by atoms with Gasteiger partial charge in [-0.25, -0.2) is 4.79 Å². The first-order chi connectivity index (χ1) is 21.2. The lowest BCUT2D eigenvalue weighted by atomic mass is 9.79. The maximum Gasteiger partial charge on any atom is 0.573 e. The number of anilines is 1. The topological polar surface area (TPSA) is 92.4 Å². The summed E-state index contributed by atoms with van der Waals surface area (Å²) in [6.45, 7) is 4.50. The van der Waals surface area contributed by atoms with E-state index < -0.39 is 48.3 Å². The van der Waals surface area contributed by atoms with E-state index in [1.54, 1.807) is 0 Å². The van der Waals surface area contributed by atoms with Gasteiger partial charge in [0.25, 0.3) is 0 Å². The largest absolute Gasteiger partial charge is 0.573 e. The molecule has 0 bridgehead atoms. The van der Waals surface area contributed by atoms with Gasteiger partial charge in [-0.15, -0.1) is 26.3 Å². The molecule has 2 aromatic rings. The van der Waals surface area contributed by atoms with Gasteiger partial charge in [-0.2, -0.15) is 0 Å². The Bertz CT molecular complexity index is 1270. The Morgan fingerprint density at radius 1 is 0.867 bits per heavy atom. The number of halogens is 6. The zero-order valence-electron chi connectivity index (χ0n) is 24.6. The summed E-state index contributed by atoms with van der Waals surface area (Å²) in [7, 11) is 2.06. The minimum atomic E-state index is -4.88. The minimum Gasteiger partial charge on any atom is -0.490 e. The van der Waals surface area contributed by atoms with Gasteiger partial charge in [0.1, 0.15) is 29.1 Å². The lowest BCUT2D eigenvalue weighted by Crippen LogP contribution is -2.48. The van der Waals surface area contributed by atoms with Crippen molar-refractivity contribution in [2.45, 2.75) is 57.0 Å². The number of nitrogens with one attached hydrogen (secondary N) is 2. The number of carbonyl (C=O) groups excluding carboxylic acids is 2. The van der Waals surface area contributed by atoms with E-state index in [4.69, 9.17) is 4.74 Å². The van der Waals surface area contributed by atoms with Crippen LogP contribution < -0.4 is 24.8 Å². The van der Waals surface area contributed by atoms with Gasteiger partial charge in [0, 0.05) is 50.4 Å². The van der Waals surface area contributed by atoms with Crippen molar-refractivity contribution >= 4 is 17.5 Å². The number of hydrogen-bond acceptors (Lipinski definition) is 7. The quantitative estimate of drug-likeness (QED) is 0.298. The molecular formula is C30H36F6N4O5. The van der Waals surface area contributed by atoms with Crippen LogP contribution in [0.3, 0.4) is 0 Å². The van der Waals surface area contributed by atoms with E-state index in [2.05, 4.69) is 37.0 Å². The molecule has 2 fully saturated rings. The average molecular weight is 647 g/mol. The molecule has 1 aliphatic heterocycles. The standard InChI is InChI=1S/C30H36F6N4O5/c1-39-14-16-40(17-15-39)13-3-6-26(41)25-19-21(38-28(42)37-20-4-2-5-24(18-20)45-30(34,35)36)7-12-27(25)43-22-8-10-23(11-9-22)44-29(31,32)33/h2,4-5,8-11,18,21,25,27H,3,6-7,12-17,19H2,1H3,(H2,37,38,42). The number of Topliss-reactive ketones (excluding diaryl/α,β-unsaturated/α-hetero) is 1. The zero-order valence-corrected chi connectivity index (χ0v) is 24.6. The minimum absolute atomic E-state index is 0.0462. The van der Waals surface area contributed by atoms with Gasteiger partial charge in [-0.3, -0.25) is 4.79 Å². The molecule has 0 radical (unpaired) electrons. The van der Waals surface area contributed by atoms with Gasteiger partial charge in [0.05, 0.1) is 5.92 Å². The van der Waals surface area contributed by atoms with Crippen LogP contribution in [0.15, 0.2) is 48.5 Å². The summed E-state index contributed by atoms with van der Waals surface area (Å²) < 4.78 is 89.2. The van der Waals surface area contributed by atoms with Crippen LogP contribution in [0.1, 0.15) is 32.1 Å². The van der Waals surface area contributed by atoms with Crippen LogP contribution in [0.4, 0.5) is 36.8 Å². The molecule has 2 aliphatic rings. The average Bonchev–Trinajstić information content (AvgIpc) is 2.94. The molecule has 1 aliphatic carbocycles. The number of carbonyl (C=O) groups is 2. The molecule has 0 aromatic heterocycles. The van der Waals surface area contributed by atoms with Gasteiger partial charge < -0.3 is 34.6 Å². The number of amides is 2. The van der Waals surface area contributed by atoms with Gasteiger partial charge in [-0.1, -0.05) is 6.07 Å². The summed E-state index contributed by atoms with van der Waals surface area (Å²) in [5.74, 6) is -1.27. The summed E-state index contributed by atoms with van der Waals surface area (Å²) in [6.07, 6.45) is -8.31. The van der Waals surface area contributed by atoms with Crippen molar-refractivity contribution < 1.29 is 50.1 Å². The number of ketones is 1. The number of rotatable bonds is 11. The second-order valence-electron chi connectivity index (χ2n) is 11.2. The number of likely N-dealkylation sites (N-methyl/N-ethyl adjacent to an activating group) is 1. The Hall–Kier alpha value is -3.72. The van der Waals surface area contributed by atoms with Crippen molar-refractivity contribution in [2.24, 2.45) is 5.92 Å². The Morgan fingerprint density at radius 3 is 2.18 bits per heavy atom. The molecule has 1 heterocycles. The summed E-state index contributed by atoms with van der Waals surface area (Å²) >= 11 is 0. The maximum absolute atomic E-state index is 13.5. The normalized spacial score (nSPS) is 21.5. The van der Waals surface area contributed by atoms with Crippen LogP contribution in [0.2, 0.25) is 0 Å². The first-order valence-electron chi connectivity index (χ1n) is 14.6. The van der Waals surface area contributed by atoms with E-state index in [-0.39, 0.29) is 23.6 Å². The van der Waals surface area contributed by atoms with Crippen LogP contribution in [-0.4, -0.2) is 86.3 Å².